The Morgan fingerprint density at radius 3 is 2.81 bits per heavy atom. The molecule has 0 saturated heterocycles. The summed E-state index contributed by atoms with van der Waals surface area (Å²) in [6, 6.07) is 5.13. The molecule has 0 N–H and O–H groups in total. The monoisotopic (exact) mass is 284 g/mol. The van der Waals surface area contributed by atoms with Gasteiger partial charge in [0.1, 0.15) is 5.82 Å². The van der Waals surface area contributed by atoms with Gasteiger partial charge >= 0.3 is 0 Å². The molecule has 0 aromatic heterocycles. The van der Waals surface area contributed by atoms with Gasteiger partial charge in [0.05, 0.1) is 0 Å². The molecule has 0 spiro atoms. The minimum Gasteiger partial charge on any atom is -0.207 e. The highest BCUT2D eigenvalue weighted by molar-refractivity contribution is 9.09. The van der Waals surface area contributed by atoms with Gasteiger partial charge in [-0.25, -0.2) is 4.39 Å². The third-order valence-corrected chi connectivity index (χ3v) is 4.82. The number of hydrogen-bond acceptors (Lipinski definition) is 0. The minimum absolute atomic E-state index is 0.109. The van der Waals surface area contributed by atoms with E-state index in [-0.39, 0.29) is 5.82 Å². The first-order valence-electron chi connectivity index (χ1n) is 6.06. The Bertz CT molecular complexity index is 362. The quantitative estimate of drug-likeness (QED) is 0.695. The summed E-state index contributed by atoms with van der Waals surface area (Å²) >= 11 is 3.76. The third-order valence-electron chi connectivity index (χ3n) is 3.61. The summed E-state index contributed by atoms with van der Waals surface area (Å²) in [5.74, 6) is 0.566. The van der Waals surface area contributed by atoms with Crippen molar-refractivity contribution >= 4 is 15.9 Å². The molecule has 0 amide bonds. The van der Waals surface area contributed by atoms with Crippen LogP contribution in [0.15, 0.2) is 18.2 Å². The maximum Gasteiger partial charge on any atom is 0.123 e. The molecule has 2 heteroatoms. The molecule has 0 aliphatic heterocycles. The molecule has 16 heavy (non-hydrogen) atoms. The molecule has 2 atom stereocenters. The molecule has 1 aliphatic rings. The van der Waals surface area contributed by atoms with Crippen LogP contribution in [0.4, 0.5) is 4.39 Å². The maximum atomic E-state index is 13.2. The summed E-state index contributed by atoms with van der Waals surface area (Å²) in [4.78, 5) is 0.615. The minimum atomic E-state index is -0.109. The third kappa shape index (κ3) is 2.85. The first-order chi connectivity index (χ1) is 7.66. The van der Waals surface area contributed by atoms with Gasteiger partial charge in [-0.15, -0.1) is 0 Å². The van der Waals surface area contributed by atoms with Crippen LogP contribution in [0.1, 0.15) is 36.8 Å². The standard InChI is InChI=1S/C14H18BrF/c1-10-6-7-13(16)9-12(10)8-11-4-2-3-5-14(11)15/h6-7,9,11,14H,2-5,8H2,1H3. The van der Waals surface area contributed by atoms with Crippen molar-refractivity contribution in [2.45, 2.75) is 43.9 Å². The van der Waals surface area contributed by atoms with E-state index in [2.05, 4.69) is 22.9 Å². The van der Waals surface area contributed by atoms with Gasteiger partial charge in [0.2, 0.25) is 0 Å². The van der Waals surface area contributed by atoms with Gasteiger partial charge in [0.15, 0.2) is 0 Å². The van der Waals surface area contributed by atoms with Crippen LogP contribution >= 0.6 is 15.9 Å². The lowest BCUT2D eigenvalue weighted by Gasteiger charge is -2.27. The second-order valence-electron chi connectivity index (χ2n) is 4.84. The fourth-order valence-corrected chi connectivity index (χ4v) is 3.31. The number of hydrogen-bond donors (Lipinski definition) is 0. The van der Waals surface area contributed by atoms with Crippen molar-refractivity contribution in [1.82, 2.24) is 0 Å². The fourth-order valence-electron chi connectivity index (χ4n) is 2.53. The number of aryl methyl sites for hydroxylation is 1. The van der Waals surface area contributed by atoms with Crippen LogP contribution in [0.5, 0.6) is 0 Å². The van der Waals surface area contributed by atoms with E-state index in [9.17, 15) is 4.39 Å². The highest BCUT2D eigenvalue weighted by atomic mass is 79.9. The van der Waals surface area contributed by atoms with Crippen LogP contribution in [0.3, 0.4) is 0 Å². The Kier molecular flexibility index (Phi) is 4.01. The zero-order valence-corrected chi connectivity index (χ0v) is 11.3. The summed E-state index contributed by atoms with van der Waals surface area (Å²) in [6.45, 7) is 2.07. The van der Waals surface area contributed by atoms with Crippen molar-refractivity contribution in [3.05, 3.63) is 35.1 Å². The van der Waals surface area contributed by atoms with Gasteiger partial charge in [0, 0.05) is 4.83 Å². The smallest absolute Gasteiger partial charge is 0.123 e. The molecule has 0 bridgehead atoms. The maximum absolute atomic E-state index is 13.2. The Morgan fingerprint density at radius 2 is 2.06 bits per heavy atom. The van der Waals surface area contributed by atoms with E-state index in [1.54, 1.807) is 12.1 Å². The molecule has 0 heterocycles. The fraction of sp³-hybridized carbons (Fsp3) is 0.571. The molecule has 1 saturated carbocycles. The SMILES string of the molecule is Cc1ccc(F)cc1CC1CCCCC1Br. The molecule has 0 nitrogen and oxygen atoms in total. The highest BCUT2D eigenvalue weighted by Crippen LogP contribution is 2.33. The van der Waals surface area contributed by atoms with Crippen molar-refractivity contribution in [3.8, 4) is 0 Å². The van der Waals surface area contributed by atoms with Crippen LogP contribution in [0.25, 0.3) is 0 Å². The lowest BCUT2D eigenvalue weighted by Crippen LogP contribution is -2.21. The number of benzene rings is 1. The second kappa shape index (κ2) is 5.31. The largest absolute Gasteiger partial charge is 0.207 e. The Balaban J connectivity index is 2.10. The van der Waals surface area contributed by atoms with E-state index in [1.807, 2.05) is 6.07 Å². The molecular weight excluding hydrogens is 267 g/mol. The van der Waals surface area contributed by atoms with E-state index in [0.29, 0.717) is 10.7 Å². The van der Waals surface area contributed by atoms with Crippen molar-refractivity contribution in [3.63, 3.8) is 0 Å². The lowest BCUT2D eigenvalue weighted by atomic mass is 9.84. The van der Waals surface area contributed by atoms with E-state index < -0.39 is 0 Å². The summed E-state index contributed by atoms with van der Waals surface area (Å²) in [5, 5.41) is 0. The molecule has 1 aromatic carbocycles. The summed E-state index contributed by atoms with van der Waals surface area (Å²) in [5.41, 5.74) is 2.39. The Morgan fingerprint density at radius 1 is 1.31 bits per heavy atom. The summed E-state index contributed by atoms with van der Waals surface area (Å²) in [6.07, 6.45) is 6.19. The zero-order chi connectivity index (χ0) is 11.5. The Labute approximate surface area is 105 Å². The lowest BCUT2D eigenvalue weighted by molar-refractivity contribution is 0.372. The molecule has 1 aromatic rings. The molecule has 1 aliphatic carbocycles. The molecule has 0 radical (unpaired) electrons. The topological polar surface area (TPSA) is 0 Å². The van der Waals surface area contributed by atoms with Crippen LogP contribution < -0.4 is 0 Å². The van der Waals surface area contributed by atoms with E-state index >= 15 is 0 Å². The van der Waals surface area contributed by atoms with Crippen LogP contribution in [0.2, 0.25) is 0 Å². The van der Waals surface area contributed by atoms with Gasteiger partial charge < -0.3 is 0 Å². The molecule has 1 fully saturated rings. The number of halogens is 2. The molecule has 88 valence electrons. The predicted octanol–water partition coefficient (Wildman–Crippen LogP) is 4.63. The van der Waals surface area contributed by atoms with Gasteiger partial charge in [-0.2, -0.15) is 0 Å². The van der Waals surface area contributed by atoms with Gasteiger partial charge in [0.25, 0.3) is 0 Å². The summed E-state index contributed by atoms with van der Waals surface area (Å²) in [7, 11) is 0. The van der Waals surface area contributed by atoms with Crippen LogP contribution in [-0.2, 0) is 6.42 Å². The predicted molar refractivity (Wildman–Crippen MR) is 69.5 cm³/mol. The number of alkyl halides is 1. The van der Waals surface area contributed by atoms with Crippen molar-refractivity contribution < 1.29 is 4.39 Å². The Hall–Kier alpha value is -0.370. The average Bonchev–Trinajstić information content (AvgIpc) is 2.27. The highest BCUT2D eigenvalue weighted by Gasteiger charge is 2.23. The molecule has 2 rings (SSSR count). The van der Waals surface area contributed by atoms with E-state index in [1.165, 1.54) is 36.8 Å². The van der Waals surface area contributed by atoms with Crippen molar-refractivity contribution in [2.75, 3.05) is 0 Å². The van der Waals surface area contributed by atoms with E-state index in [4.69, 9.17) is 0 Å². The van der Waals surface area contributed by atoms with Gasteiger partial charge in [-0.3, -0.25) is 0 Å². The van der Waals surface area contributed by atoms with Crippen LogP contribution in [0, 0.1) is 18.7 Å². The summed E-state index contributed by atoms with van der Waals surface area (Å²) < 4.78 is 13.2. The van der Waals surface area contributed by atoms with Gasteiger partial charge in [-0.1, -0.05) is 34.8 Å². The second-order valence-corrected chi connectivity index (χ2v) is 6.01. The van der Waals surface area contributed by atoms with Gasteiger partial charge in [-0.05, 0) is 55.4 Å². The first kappa shape index (κ1) is 12.1. The molecule has 2 unspecified atom stereocenters. The van der Waals surface area contributed by atoms with Crippen molar-refractivity contribution in [1.29, 1.82) is 0 Å². The zero-order valence-electron chi connectivity index (χ0n) is 9.68. The molecular formula is C14H18BrF. The van der Waals surface area contributed by atoms with E-state index in [0.717, 1.165) is 6.42 Å². The average molecular weight is 285 g/mol. The number of rotatable bonds is 2. The first-order valence-corrected chi connectivity index (χ1v) is 6.97. The normalized spacial score (nSPS) is 25.7. The van der Waals surface area contributed by atoms with Crippen molar-refractivity contribution in [2.24, 2.45) is 5.92 Å². The van der Waals surface area contributed by atoms with Crippen LogP contribution in [-0.4, -0.2) is 4.83 Å².